The molecule has 0 saturated carbocycles. The molecule has 7 heteroatoms. The van der Waals surface area contributed by atoms with Gasteiger partial charge in [-0.2, -0.15) is 5.10 Å². The monoisotopic (exact) mass is 356 g/mol. The number of hydrogen-bond acceptors (Lipinski definition) is 3. The van der Waals surface area contributed by atoms with Crippen LogP contribution in [0.3, 0.4) is 0 Å². The van der Waals surface area contributed by atoms with E-state index in [1.165, 1.54) is 12.3 Å². The van der Waals surface area contributed by atoms with Crippen LogP contribution in [0.4, 0.5) is 0 Å². The van der Waals surface area contributed by atoms with E-state index in [1.54, 1.807) is 36.4 Å². The van der Waals surface area contributed by atoms with Gasteiger partial charge in [0.25, 0.3) is 5.91 Å². The molecule has 2 aromatic carbocycles. The molecule has 114 valence electrons. The molecule has 2 aromatic rings. The maximum atomic E-state index is 11.6. The van der Waals surface area contributed by atoms with Gasteiger partial charge in [-0.25, -0.2) is 5.43 Å². The predicted octanol–water partition coefficient (Wildman–Crippen LogP) is 4.18. The lowest BCUT2D eigenvalue weighted by Gasteiger charge is -2.06. The first-order chi connectivity index (χ1) is 10.5. The highest BCUT2D eigenvalue weighted by atomic mass is 35.5. The maximum absolute atomic E-state index is 11.6. The van der Waals surface area contributed by atoms with Crippen molar-refractivity contribution in [3.05, 3.63) is 63.1 Å². The van der Waals surface area contributed by atoms with Crippen molar-refractivity contribution in [3.8, 4) is 5.75 Å². The summed E-state index contributed by atoms with van der Waals surface area (Å²) in [5.74, 6) is -0.0286. The van der Waals surface area contributed by atoms with Crippen molar-refractivity contribution < 1.29 is 9.53 Å². The van der Waals surface area contributed by atoms with Crippen LogP contribution < -0.4 is 10.2 Å². The molecule has 1 N–H and O–H groups in total. The average molecular weight is 358 g/mol. The molecule has 0 atom stereocenters. The fraction of sp³-hybridized carbons (Fsp3) is 0.0667. The Morgan fingerprint density at radius 1 is 1.09 bits per heavy atom. The number of carbonyl (C=O) groups is 1. The quantitative estimate of drug-likeness (QED) is 0.645. The molecule has 0 radical (unpaired) electrons. The summed E-state index contributed by atoms with van der Waals surface area (Å²) in [5.41, 5.74) is 3.16. The molecule has 0 aromatic heterocycles. The van der Waals surface area contributed by atoms with E-state index in [0.29, 0.717) is 20.8 Å². The van der Waals surface area contributed by atoms with Gasteiger partial charge in [0.15, 0.2) is 6.61 Å². The highest BCUT2D eigenvalue weighted by molar-refractivity contribution is 6.35. The lowest BCUT2D eigenvalue weighted by Crippen LogP contribution is -2.24. The Morgan fingerprint density at radius 3 is 2.45 bits per heavy atom. The van der Waals surface area contributed by atoms with Gasteiger partial charge < -0.3 is 4.74 Å². The van der Waals surface area contributed by atoms with E-state index in [0.717, 1.165) is 5.56 Å². The Bertz CT molecular complexity index is 688. The predicted molar refractivity (Wildman–Crippen MR) is 89.1 cm³/mol. The summed E-state index contributed by atoms with van der Waals surface area (Å²) in [6.07, 6.45) is 1.50. The van der Waals surface area contributed by atoms with Gasteiger partial charge in [-0.1, -0.05) is 46.9 Å². The molecule has 0 aliphatic heterocycles. The molecule has 0 heterocycles. The van der Waals surface area contributed by atoms with Crippen LogP contribution >= 0.6 is 34.8 Å². The summed E-state index contributed by atoms with van der Waals surface area (Å²) in [5, 5.41) is 5.28. The van der Waals surface area contributed by atoms with Crippen LogP contribution in [0.15, 0.2) is 47.6 Å². The van der Waals surface area contributed by atoms with E-state index in [9.17, 15) is 4.79 Å². The Hall–Kier alpha value is -1.75. The largest absolute Gasteiger partial charge is 0.482 e. The van der Waals surface area contributed by atoms with E-state index >= 15 is 0 Å². The number of halogens is 3. The van der Waals surface area contributed by atoms with E-state index in [4.69, 9.17) is 39.5 Å². The first-order valence-corrected chi connectivity index (χ1v) is 7.33. The van der Waals surface area contributed by atoms with Crippen molar-refractivity contribution in [1.29, 1.82) is 0 Å². The van der Waals surface area contributed by atoms with Crippen molar-refractivity contribution in [1.82, 2.24) is 5.43 Å². The van der Waals surface area contributed by atoms with Gasteiger partial charge in [-0.3, -0.25) is 4.79 Å². The lowest BCUT2D eigenvalue weighted by molar-refractivity contribution is -0.123. The zero-order valence-electron chi connectivity index (χ0n) is 11.2. The van der Waals surface area contributed by atoms with Crippen LogP contribution in [0.2, 0.25) is 15.1 Å². The van der Waals surface area contributed by atoms with Crippen molar-refractivity contribution in [2.45, 2.75) is 0 Å². The third kappa shape index (κ3) is 5.22. The number of benzene rings is 2. The third-order valence-corrected chi connectivity index (χ3v) is 3.31. The summed E-state index contributed by atoms with van der Waals surface area (Å²) in [4.78, 5) is 11.6. The lowest BCUT2D eigenvalue weighted by atomic mass is 10.2. The SMILES string of the molecule is O=C(COc1ccc(Cl)cc1Cl)NN=Cc1ccc(Cl)cc1. The van der Waals surface area contributed by atoms with E-state index in [-0.39, 0.29) is 6.61 Å². The molecular formula is C15H11Cl3N2O2. The van der Waals surface area contributed by atoms with Crippen molar-refractivity contribution in [2.75, 3.05) is 6.61 Å². The van der Waals surface area contributed by atoms with Gasteiger partial charge in [0.05, 0.1) is 11.2 Å². The van der Waals surface area contributed by atoms with E-state index in [1.807, 2.05) is 0 Å². The highest BCUT2D eigenvalue weighted by Crippen LogP contribution is 2.27. The summed E-state index contributed by atoms with van der Waals surface area (Å²) in [7, 11) is 0. The summed E-state index contributed by atoms with van der Waals surface area (Å²) in [6, 6.07) is 11.8. The minimum atomic E-state index is -0.406. The van der Waals surface area contributed by atoms with Crippen molar-refractivity contribution in [3.63, 3.8) is 0 Å². The molecule has 1 amide bonds. The summed E-state index contributed by atoms with van der Waals surface area (Å²) in [6.45, 7) is -0.209. The molecule has 0 fully saturated rings. The van der Waals surface area contributed by atoms with Crippen LogP contribution in [-0.4, -0.2) is 18.7 Å². The average Bonchev–Trinajstić information content (AvgIpc) is 2.48. The van der Waals surface area contributed by atoms with Crippen molar-refractivity contribution >= 4 is 46.9 Å². The number of rotatable bonds is 5. The number of nitrogens with one attached hydrogen (secondary N) is 1. The molecule has 0 saturated heterocycles. The second-order valence-electron chi connectivity index (χ2n) is 4.21. The molecule has 0 spiro atoms. The molecule has 0 bridgehead atoms. The second kappa shape index (κ2) is 8.03. The number of hydrogen-bond donors (Lipinski definition) is 1. The molecule has 2 rings (SSSR count). The van der Waals surface area contributed by atoms with Crippen LogP contribution in [0.25, 0.3) is 0 Å². The minimum Gasteiger partial charge on any atom is -0.482 e. The number of nitrogens with zero attached hydrogens (tertiary/aromatic N) is 1. The van der Waals surface area contributed by atoms with Crippen LogP contribution in [0, 0.1) is 0 Å². The maximum Gasteiger partial charge on any atom is 0.277 e. The standard InChI is InChI=1S/C15H11Cl3N2O2/c16-11-3-1-10(2-4-11)8-19-20-15(21)9-22-14-6-5-12(17)7-13(14)18/h1-8H,9H2,(H,20,21). The Balaban J connectivity index is 1.81. The first-order valence-electron chi connectivity index (χ1n) is 6.20. The summed E-state index contributed by atoms with van der Waals surface area (Å²) >= 11 is 17.5. The van der Waals surface area contributed by atoms with E-state index in [2.05, 4.69) is 10.5 Å². The van der Waals surface area contributed by atoms with Crippen LogP contribution in [-0.2, 0) is 4.79 Å². The molecular weight excluding hydrogens is 347 g/mol. The zero-order valence-corrected chi connectivity index (χ0v) is 13.5. The molecule has 22 heavy (non-hydrogen) atoms. The van der Waals surface area contributed by atoms with Crippen LogP contribution in [0.5, 0.6) is 5.75 Å². The van der Waals surface area contributed by atoms with Crippen molar-refractivity contribution in [2.24, 2.45) is 5.10 Å². The summed E-state index contributed by atoms with van der Waals surface area (Å²) < 4.78 is 5.28. The Morgan fingerprint density at radius 2 is 1.77 bits per heavy atom. The normalized spacial score (nSPS) is 10.7. The number of ether oxygens (including phenoxy) is 1. The van der Waals surface area contributed by atoms with Gasteiger partial charge in [-0.15, -0.1) is 0 Å². The topological polar surface area (TPSA) is 50.7 Å². The van der Waals surface area contributed by atoms with Gasteiger partial charge in [0.2, 0.25) is 0 Å². The number of carbonyl (C=O) groups excluding carboxylic acids is 1. The first kappa shape index (κ1) is 16.6. The molecule has 0 aliphatic carbocycles. The van der Waals surface area contributed by atoms with Gasteiger partial charge in [-0.05, 0) is 35.9 Å². The highest BCUT2D eigenvalue weighted by Gasteiger charge is 2.05. The number of amides is 1. The van der Waals surface area contributed by atoms with Gasteiger partial charge >= 0.3 is 0 Å². The number of hydrazone groups is 1. The molecule has 4 nitrogen and oxygen atoms in total. The Kier molecular flexibility index (Phi) is 6.07. The minimum absolute atomic E-state index is 0.209. The zero-order chi connectivity index (χ0) is 15.9. The molecule has 0 unspecified atom stereocenters. The Labute approximate surface area is 142 Å². The fourth-order valence-electron chi connectivity index (χ4n) is 1.50. The van der Waals surface area contributed by atoms with E-state index < -0.39 is 5.91 Å². The molecule has 0 aliphatic rings. The smallest absolute Gasteiger partial charge is 0.277 e. The van der Waals surface area contributed by atoms with Gasteiger partial charge in [0.1, 0.15) is 5.75 Å². The second-order valence-corrected chi connectivity index (χ2v) is 5.49. The third-order valence-electron chi connectivity index (χ3n) is 2.53. The van der Waals surface area contributed by atoms with Gasteiger partial charge in [0, 0.05) is 10.0 Å². The van der Waals surface area contributed by atoms with Crippen LogP contribution in [0.1, 0.15) is 5.56 Å². The fourth-order valence-corrected chi connectivity index (χ4v) is 2.08.